The first-order valence-corrected chi connectivity index (χ1v) is 13.2. The van der Waals surface area contributed by atoms with Crippen LogP contribution in [-0.2, 0) is 32.7 Å². The summed E-state index contributed by atoms with van der Waals surface area (Å²) in [5.41, 5.74) is 7.32. The Balaban J connectivity index is 1.32. The van der Waals surface area contributed by atoms with Crippen molar-refractivity contribution in [1.29, 1.82) is 0 Å². The predicted molar refractivity (Wildman–Crippen MR) is 137 cm³/mol. The van der Waals surface area contributed by atoms with Crippen LogP contribution in [0.3, 0.4) is 0 Å². The Kier molecular flexibility index (Phi) is 7.60. The number of aryl methyl sites for hydroxylation is 1. The number of halogens is 4. The lowest BCUT2D eigenvalue weighted by Gasteiger charge is -2.46. The maximum atomic E-state index is 15.4. The van der Waals surface area contributed by atoms with E-state index in [-0.39, 0.29) is 55.4 Å². The first kappa shape index (κ1) is 28.1. The quantitative estimate of drug-likeness (QED) is 0.368. The van der Waals surface area contributed by atoms with Crippen LogP contribution in [0.5, 0.6) is 5.88 Å². The van der Waals surface area contributed by atoms with Crippen molar-refractivity contribution in [2.75, 3.05) is 18.5 Å². The number of aromatic nitrogens is 1. The van der Waals surface area contributed by atoms with E-state index in [2.05, 4.69) is 15.8 Å². The summed E-state index contributed by atoms with van der Waals surface area (Å²) in [5, 5.41) is 0. The molecule has 2 atom stereocenters. The number of allylic oxidation sites excluding steroid dienone is 1. The number of ether oxygens (including phenoxy) is 2. The van der Waals surface area contributed by atoms with Crippen molar-refractivity contribution in [2.24, 2.45) is 0 Å². The molecule has 214 valence electrons. The van der Waals surface area contributed by atoms with Crippen LogP contribution < -0.4 is 15.6 Å². The Bertz CT molecular complexity index is 1340. The van der Waals surface area contributed by atoms with Crippen LogP contribution in [0.25, 0.3) is 0 Å². The number of benzene rings is 1. The summed E-state index contributed by atoms with van der Waals surface area (Å²) in [7, 11) is 0. The van der Waals surface area contributed by atoms with Gasteiger partial charge in [-0.2, -0.15) is 13.2 Å². The van der Waals surface area contributed by atoms with E-state index in [1.54, 1.807) is 18.1 Å². The minimum atomic E-state index is -4.57. The lowest BCUT2D eigenvalue weighted by molar-refractivity contribution is -0.248. The van der Waals surface area contributed by atoms with E-state index in [1.807, 2.05) is 6.07 Å². The zero-order valence-corrected chi connectivity index (χ0v) is 22.1. The molecule has 3 heterocycles. The highest BCUT2D eigenvalue weighted by molar-refractivity contribution is 5.90. The van der Waals surface area contributed by atoms with Gasteiger partial charge in [-0.1, -0.05) is 12.1 Å². The molecule has 2 aliphatic heterocycles. The molecule has 0 spiro atoms. The second-order valence-electron chi connectivity index (χ2n) is 10.6. The van der Waals surface area contributed by atoms with Gasteiger partial charge in [-0.25, -0.2) is 19.6 Å². The molecule has 2 fully saturated rings. The van der Waals surface area contributed by atoms with Crippen molar-refractivity contribution in [3.05, 3.63) is 58.7 Å². The number of hydrazine groups is 1. The fourth-order valence-corrected chi connectivity index (χ4v) is 5.85. The van der Waals surface area contributed by atoms with Gasteiger partial charge in [0.25, 0.3) is 0 Å². The molecule has 40 heavy (non-hydrogen) atoms. The number of Topliss-reactive ketones (excluding diaryl/α,β-unsaturated/α-hetero) is 1. The van der Waals surface area contributed by atoms with Gasteiger partial charge in [0.2, 0.25) is 5.88 Å². The van der Waals surface area contributed by atoms with Crippen molar-refractivity contribution in [2.45, 2.75) is 76.0 Å². The van der Waals surface area contributed by atoms with Gasteiger partial charge in [-0.15, -0.1) is 0 Å². The number of alkyl halides is 3. The van der Waals surface area contributed by atoms with Crippen molar-refractivity contribution < 1.29 is 36.6 Å². The zero-order chi connectivity index (χ0) is 28.7. The van der Waals surface area contributed by atoms with E-state index in [4.69, 9.17) is 9.47 Å². The van der Waals surface area contributed by atoms with Crippen molar-refractivity contribution in [3.8, 4) is 5.88 Å². The lowest BCUT2D eigenvalue weighted by atomic mass is 9.59. The molecule has 2 aromatic rings. The van der Waals surface area contributed by atoms with Crippen molar-refractivity contribution >= 4 is 17.4 Å². The molecular weight excluding hydrogens is 532 g/mol. The molecule has 0 bridgehead atoms. The molecule has 8 nitrogen and oxygen atoms in total. The standard InChI is InChI=1S/C28H30F4N4O4/c1-16-13-36(14-24(39-16)28(30,31)32)19(15-37)7-6-18-4-3-5-21(29)26(18)27(17(2)38)10-20(11-27)40-25-9-8-22-23(34-25)12-33-35-22/h3-5,8-9,16,20,24,33,35H,6-7,10-14H2,1-2H3. The van der Waals surface area contributed by atoms with Crippen LogP contribution in [-0.4, -0.2) is 59.2 Å². The molecule has 1 aliphatic carbocycles. The summed E-state index contributed by atoms with van der Waals surface area (Å²) in [5.74, 6) is 1.44. The SMILES string of the molecule is CC(=O)C1(c2c(F)cccc2CCC(=C=O)N2CC(C)OC(C(F)(F)F)C2)CC(Oc2ccc3c(n2)CNN3)C1. The van der Waals surface area contributed by atoms with Crippen molar-refractivity contribution in [1.82, 2.24) is 15.3 Å². The number of nitrogens with zero attached hydrogens (tertiary/aromatic N) is 2. The number of nitrogens with one attached hydrogen (secondary N) is 2. The Labute approximate surface area is 228 Å². The molecular formula is C28H30F4N4O4. The third-order valence-corrected chi connectivity index (χ3v) is 7.88. The van der Waals surface area contributed by atoms with Crippen LogP contribution in [0.1, 0.15) is 49.9 Å². The summed E-state index contributed by atoms with van der Waals surface area (Å²) in [6.07, 6.45) is -7.02. The van der Waals surface area contributed by atoms with E-state index in [9.17, 15) is 22.8 Å². The van der Waals surface area contributed by atoms with Crippen molar-refractivity contribution in [3.63, 3.8) is 0 Å². The van der Waals surface area contributed by atoms with E-state index in [1.165, 1.54) is 30.9 Å². The third-order valence-electron chi connectivity index (χ3n) is 7.88. The molecule has 0 amide bonds. The van der Waals surface area contributed by atoms with E-state index < -0.39 is 36.2 Å². The predicted octanol–water partition coefficient (Wildman–Crippen LogP) is 4.02. The largest absolute Gasteiger partial charge is 0.474 e. The molecule has 1 aromatic carbocycles. The highest BCUT2D eigenvalue weighted by Gasteiger charge is 2.53. The summed E-state index contributed by atoms with van der Waals surface area (Å²) in [6, 6.07) is 8.06. The number of morpholine rings is 1. The molecule has 0 radical (unpaired) electrons. The number of anilines is 1. The Morgan fingerprint density at radius 3 is 2.73 bits per heavy atom. The molecule has 1 saturated carbocycles. The molecule has 5 rings (SSSR count). The Morgan fingerprint density at radius 2 is 2.02 bits per heavy atom. The number of ketones is 1. The summed E-state index contributed by atoms with van der Waals surface area (Å²) < 4.78 is 66.4. The fraction of sp³-hybridized carbons (Fsp3) is 0.500. The first-order chi connectivity index (χ1) is 19.0. The topological polar surface area (TPSA) is 92.8 Å². The highest BCUT2D eigenvalue weighted by Crippen LogP contribution is 2.48. The van der Waals surface area contributed by atoms with Gasteiger partial charge in [-0.05, 0) is 38.0 Å². The highest BCUT2D eigenvalue weighted by atomic mass is 19.4. The second kappa shape index (κ2) is 10.8. The molecule has 2 N–H and O–H groups in total. The molecule has 2 unspecified atom stereocenters. The van der Waals surface area contributed by atoms with E-state index >= 15 is 4.39 Å². The number of carbonyl (C=O) groups excluding carboxylic acids is 2. The maximum absolute atomic E-state index is 15.4. The summed E-state index contributed by atoms with van der Waals surface area (Å²) in [6.45, 7) is 3.06. The number of rotatable bonds is 8. The smallest absolute Gasteiger partial charge is 0.416 e. The van der Waals surface area contributed by atoms with Gasteiger partial charge in [0.1, 0.15) is 23.6 Å². The summed E-state index contributed by atoms with van der Waals surface area (Å²) in [4.78, 5) is 30.6. The van der Waals surface area contributed by atoms with Crippen LogP contribution >= 0.6 is 0 Å². The Hall–Kier alpha value is -3.47. The number of carbonyl (C=O) groups is 1. The van der Waals surface area contributed by atoms with Gasteiger partial charge in [-0.3, -0.25) is 4.79 Å². The van der Waals surface area contributed by atoms with Gasteiger partial charge >= 0.3 is 6.18 Å². The second-order valence-corrected chi connectivity index (χ2v) is 10.6. The summed E-state index contributed by atoms with van der Waals surface area (Å²) >= 11 is 0. The average molecular weight is 563 g/mol. The number of fused-ring (bicyclic) bond motifs is 1. The Morgan fingerprint density at radius 1 is 1.25 bits per heavy atom. The maximum Gasteiger partial charge on any atom is 0.416 e. The molecule has 1 saturated heterocycles. The van der Waals surface area contributed by atoms with Crippen LogP contribution in [0.15, 0.2) is 36.0 Å². The molecule has 12 heteroatoms. The first-order valence-electron chi connectivity index (χ1n) is 13.2. The number of pyridine rings is 1. The fourth-order valence-electron chi connectivity index (χ4n) is 5.85. The van der Waals surface area contributed by atoms with E-state index in [0.717, 1.165) is 11.4 Å². The number of hydrogen-bond donors (Lipinski definition) is 2. The van der Waals surface area contributed by atoms with E-state index in [0.29, 0.717) is 18.0 Å². The normalized spacial score (nSPS) is 25.9. The average Bonchev–Trinajstić information content (AvgIpc) is 3.34. The number of hydrogen-bond acceptors (Lipinski definition) is 8. The van der Waals surface area contributed by atoms with Crippen LogP contribution in [0.2, 0.25) is 0 Å². The lowest BCUT2D eigenvalue weighted by Crippen LogP contribution is -2.53. The van der Waals surface area contributed by atoms with Gasteiger partial charge in [0.05, 0.1) is 41.7 Å². The third kappa shape index (κ3) is 5.43. The van der Waals surface area contributed by atoms with Crippen LogP contribution in [0.4, 0.5) is 23.2 Å². The molecule has 1 aromatic heterocycles. The minimum Gasteiger partial charge on any atom is -0.474 e. The van der Waals surface area contributed by atoms with Gasteiger partial charge in [0, 0.05) is 37.4 Å². The minimum absolute atomic E-state index is 0.0340. The van der Waals surface area contributed by atoms with Crippen LogP contribution in [0, 0.1) is 5.82 Å². The monoisotopic (exact) mass is 562 g/mol. The zero-order valence-electron chi connectivity index (χ0n) is 22.1. The van der Waals surface area contributed by atoms with Gasteiger partial charge in [0.15, 0.2) is 6.10 Å². The molecule has 3 aliphatic rings. The van der Waals surface area contributed by atoms with Gasteiger partial charge < -0.3 is 19.8 Å².